The molecular weight excluding hydrogens is 336 g/mol. The highest BCUT2D eigenvalue weighted by atomic mass is 35.5. The van der Waals surface area contributed by atoms with Gasteiger partial charge in [-0.05, 0) is 50.6 Å². The maximum atomic E-state index is 13.0. The van der Waals surface area contributed by atoms with Crippen LogP contribution >= 0.6 is 11.6 Å². The molecule has 0 unspecified atom stereocenters. The van der Waals surface area contributed by atoms with Crippen LogP contribution in [0.2, 0.25) is 5.02 Å². The summed E-state index contributed by atoms with van der Waals surface area (Å²) in [6, 6.07) is 0.0822. The smallest absolute Gasteiger partial charge is 0.286 e. The first-order chi connectivity index (χ1) is 11.5. The summed E-state index contributed by atoms with van der Waals surface area (Å²) in [6.45, 7) is 9.93. The lowest BCUT2D eigenvalue weighted by molar-refractivity contribution is 0.0653. The van der Waals surface area contributed by atoms with Gasteiger partial charge in [-0.3, -0.25) is 4.79 Å². The van der Waals surface area contributed by atoms with E-state index in [0.29, 0.717) is 17.3 Å². The zero-order valence-electron chi connectivity index (χ0n) is 16.7. The van der Waals surface area contributed by atoms with E-state index in [1.54, 1.807) is 4.68 Å². The molecule has 2 rings (SSSR count). The largest absolute Gasteiger partial charge is 0.371 e. The minimum Gasteiger partial charge on any atom is -0.371 e. The highest BCUT2D eigenvalue weighted by Gasteiger charge is 2.40. The van der Waals surface area contributed by atoms with E-state index in [-0.39, 0.29) is 22.4 Å². The van der Waals surface area contributed by atoms with Crippen LogP contribution in [0.1, 0.15) is 58.6 Å². The molecule has 5 nitrogen and oxygen atoms in total. The number of halogens is 1. The standard InChI is InChI=1S/C19H33ClN4O/c1-18(2)10-13(11-19(3,4)12-18)24-17(25)15(20)14(8-9-23(6)7)16(21-5)22-24/h13H,8-12H2,1-7H3,(H,21,22). The van der Waals surface area contributed by atoms with E-state index in [1.165, 1.54) is 0 Å². The van der Waals surface area contributed by atoms with Gasteiger partial charge in [-0.15, -0.1) is 0 Å². The molecule has 0 atom stereocenters. The molecule has 0 spiro atoms. The van der Waals surface area contributed by atoms with Crippen LogP contribution in [0.4, 0.5) is 5.82 Å². The van der Waals surface area contributed by atoms with Crippen molar-refractivity contribution >= 4 is 17.4 Å². The zero-order valence-corrected chi connectivity index (χ0v) is 17.5. The average Bonchev–Trinajstić information content (AvgIpc) is 2.45. The van der Waals surface area contributed by atoms with Crippen LogP contribution in [0.15, 0.2) is 4.79 Å². The third kappa shape index (κ3) is 4.76. The zero-order chi connectivity index (χ0) is 19.0. The van der Waals surface area contributed by atoms with Gasteiger partial charge in [0.2, 0.25) is 0 Å². The predicted octanol–water partition coefficient (Wildman–Crippen LogP) is 3.82. The number of nitrogens with one attached hydrogen (secondary N) is 1. The molecule has 1 aromatic heterocycles. The molecule has 1 aliphatic carbocycles. The molecule has 0 aliphatic heterocycles. The Labute approximate surface area is 156 Å². The van der Waals surface area contributed by atoms with Gasteiger partial charge >= 0.3 is 0 Å². The molecule has 1 fully saturated rings. The van der Waals surface area contributed by atoms with E-state index in [2.05, 4.69) is 43.0 Å². The third-order valence-corrected chi connectivity index (χ3v) is 5.47. The maximum absolute atomic E-state index is 13.0. The predicted molar refractivity (Wildman–Crippen MR) is 106 cm³/mol. The normalized spacial score (nSPS) is 20.0. The fraction of sp³-hybridized carbons (Fsp3) is 0.789. The molecule has 0 bridgehead atoms. The molecule has 6 heteroatoms. The molecule has 0 radical (unpaired) electrons. The van der Waals surface area contributed by atoms with Crippen molar-refractivity contribution in [2.24, 2.45) is 10.8 Å². The van der Waals surface area contributed by atoms with E-state index < -0.39 is 0 Å². The molecule has 1 aliphatic rings. The summed E-state index contributed by atoms with van der Waals surface area (Å²) in [6.07, 6.45) is 3.74. The fourth-order valence-electron chi connectivity index (χ4n) is 4.52. The highest BCUT2D eigenvalue weighted by molar-refractivity contribution is 6.31. The second-order valence-corrected chi connectivity index (χ2v) is 9.64. The molecule has 1 saturated carbocycles. The van der Waals surface area contributed by atoms with E-state index in [1.807, 2.05) is 21.1 Å². The van der Waals surface area contributed by atoms with Crippen molar-refractivity contribution in [1.82, 2.24) is 14.7 Å². The van der Waals surface area contributed by atoms with Crippen LogP contribution < -0.4 is 10.9 Å². The van der Waals surface area contributed by atoms with Gasteiger partial charge in [0.25, 0.3) is 5.56 Å². The number of hydrogen-bond acceptors (Lipinski definition) is 4. The van der Waals surface area contributed by atoms with Crippen LogP contribution in [-0.4, -0.2) is 42.4 Å². The average molecular weight is 369 g/mol. The Morgan fingerprint density at radius 1 is 1.24 bits per heavy atom. The van der Waals surface area contributed by atoms with Crippen molar-refractivity contribution in [3.63, 3.8) is 0 Å². The van der Waals surface area contributed by atoms with Gasteiger partial charge in [0.1, 0.15) is 5.02 Å². The first-order valence-electron chi connectivity index (χ1n) is 9.09. The minimum atomic E-state index is -0.159. The van der Waals surface area contributed by atoms with E-state index >= 15 is 0 Å². The Morgan fingerprint density at radius 2 is 1.80 bits per heavy atom. The molecule has 1 N–H and O–H groups in total. The summed E-state index contributed by atoms with van der Waals surface area (Å²) >= 11 is 6.50. The van der Waals surface area contributed by atoms with Crippen molar-refractivity contribution in [3.05, 3.63) is 20.9 Å². The fourth-order valence-corrected chi connectivity index (χ4v) is 4.79. The van der Waals surface area contributed by atoms with Gasteiger partial charge in [-0.2, -0.15) is 5.10 Å². The van der Waals surface area contributed by atoms with Crippen molar-refractivity contribution < 1.29 is 0 Å². The maximum Gasteiger partial charge on any atom is 0.286 e. The first kappa shape index (κ1) is 20.2. The van der Waals surface area contributed by atoms with Gasteiger partial charge in [0.05, 0.1) is 6.04 Å². The number of nitrogens with zero attached hydrogens (tertiary/aromatic N) is 3. The molecule has 25 heavy (non-hydrogen) atoms. The lowest BCUT2D eigenvalue weighted by Gasteiger charge is -2.45. The Kier molecular flexibility index (Phi) is 5.89. The third-order valence-electron chi connectivity index (χ3n) is 5.08. The van der Waals surface area contributed by atoms with Crippen molar-refractivity contribution in [1.29, 1.82) is 0 Å². The summed E-state index contributed by atoms with van der Waals surface area (Å²) in [5, 5.41) is 8.12. The van der Waals surface area contributed by atoms with Crippen LogP contribution in [-0.2, 0) is 6.42 Å². The van der Waals surface area contributed by atoms with Gasteiger partial charge in [-0.25, -0.2) is 4.68 Å². The van der Waals surface area contributed by atoms with Crippen LogP contribution in [0.3, 0.4) is 0 Å². The topological polar surface area (TPSA) is 50.2 Å². The number of rotatable bonds is 5. The molecule has 0 aromatic carbocycles. The molecule has 0 saturated heterocycles. The van der Waals surface area contributed by atoms with Crippen molar-refractivity contribution in [3.8, 4) is 0 Å². The Morgan fingerprint density at radius 3 is 2.28 bits per heavy atom. The summed E-state index contributed by atoms with van der Waals surface area (Å²) in [7, 11) is 5.85. The monoisotopic (exact) mass is 368 g/mol. The van der Waals surface area contributed by atoms with Gasteiger partial charge in [-0.1, -0.05) is 39.3 Å². The van der Waals surface area contributed by atoms with Crippen molar-refractivity contribution in [2.45, 2.75) is 59.4 Å². The number of aromatic nitrogens is 2. The van der Waals surface area contributed by atoms with Crippen LogP contribution in [0, 0.1) is 10.8 Å². The SMILES string of the molecule is CNc1nn(C2CC(C)(C)CC(C)(C)C2)c(=O)c(Cl)c1CCN(C)C. The van der Waals surface area contributed by atoms with E-state index in [0.717, 1.165) is 31.4 Å². The minimum absolute atomic E-state index is 0.0822. The molecule has 142 valence electrons. The van der Waals surface area contributed by atoms with Crippen LogP contribution in [0.25, 0.3) is 0 Å². The first-order valence-corrected chi connectivity index (χ1v) is 9.47. The molecule has 0 amide bonds. The summed E-state index contributed by atoms with van der Waals surface area (Å²) in [5.41, 5.74) is 1.02. The van der Waals surface area contributed by atoms with Crippen molar-refractivity contribution in [2.75, 3.05) is 33.0 Å². The van der Waals surface area contributed by atoms with Gasteiger partial charge in [0.15, 0.2) is 5.82 Å². The molecular formula is C19H33ClN4O. The molecule has 1 heterocycles. The van der Waals surface area contributed by atoms with Crippen LogP contribution in [0.5, 0.6) is 0 Å². The summed E-state index contributed by atoms with van der Waals surface area (Å²) in [4.78, 5) is 15.0. The lowest BCUT2D eigenvalue weighted by atomic mass is 9.63. The molecule has 1 aromatic rings. The summed E-state index contributed by atoms with van der Waals surface area (Å²) in [5.74, 6) is 0.715. The lowest BCUT2D eigenvalue weighted by Crippen LogP contribution is -2.40. The number of likely N-dealkylation sites (N-methyl/N-ethyl adjacent to an activating group) is 1. The van der Waals surface area contributed by atoms with Gasteiger partial charge < -0.3 is 10.2 Å². The number of hydrogen-bond donors (Lipinski definition) is 1. The van der Waals surface area contributed by atoms with E-state index in [9.17, 15) is 4.79 Å². The second kappa shape index (κ2) is 7.28. The number of anilines is 1. The Hall–Kier alpha value is -1.07. The second-order valence-electron chi connectivity index (χ2n) is 9.26. The highest BCUT2D eigenvalue weighted by Crippen LogP contribution is 2.49. The Bertz CT molecular complexity index is 663. The van der Waals surface area contributed by atoms with Gasteiger partial charge in [0, 0.05) is 19.2 Å². The quantitative estimate of drug-likeness (QED) is 0.858. The van der Waals surface area contributed by atoms with E-state index in [4.69, 9.17) is 11.6 Å². The Balaban J connectivity index is 2.45. The summed E-state index contributed by atoms with van der Waals surface area (Å²) < 4.78 is 1.63.